The van der Waals surface area contributed by atoms with Crippen molar-refractivity contribution in [2.75, 3.05) is 54.9 Å². The molecule has 1 fully saturated rings. The van der Waals surface area contributed by atoms with E-state index in [1.54, 1.807) is 65.6 Å². The van der Waals surface area contributed by atoms with Crippen LogP contribution in [0.25, 0.3) is 0 Å². The number of hydrogen-bond donors (Lipinski definition) is 2. The number of para-hydroxylation sites is 1. The number of nitrogens with zero attached hydrogens (tertiary/aromatic N) is 3. The molecule has 3 amide bonds. The average Bonchev–Trinajstić information content (AvgIpc) is 2.91. The number of benzene rings is 3. The van der Waals surface area contributed by atoms with Gasteiger partial charge in [0, 0.05) is 42.6 Å². The number of amides is 3. The van der Waals surface area contributed by atoms with Crippen LogP contribution in [0.3, 0.4) is 0 Å². The van der Waals surface area contributed by atoms with Gasteiger partial charge in [0.15, 0.2) is 0 Å². The number of halogens is 1. The first-order chi connectivity index (χ1) is 17.9. The summed E-state index contributed by atoms with van der Waals surface area (Å²) in [5.74, 6) is -0.348. The van der Waals surface area contributed by atoms with Gasteiger partial charge < -0.3 is 15.4 Å². The third-order valence-corrected chi connectivity index (χ3v) is 6.36. The summed E-state index contributed by atoms with van der Waals surface area (Å²) in [5, 5.41) is 15.4. The topological polar surface area (TPSA) is 97.7 Å². The molecule has 0 saturated carbocycles. The quantitative estimate of drug-likeness (QED) is 0.452. The number of morpholine rings is 1. The number of carbonyl (C=O) groups is 2. The zero-order valence-electron chi connectivity index (χ0n) is 20.5. The van der Waals surface area contributed by atoms with Crippen molar-refractivity contribution in [3.63, 3.8) is 0 Å². The number of carbonyl (C=O) groups excluding carboxylic acids is 2. The van der Waals surface area contributed by atoms with Crippen molar-refractivity contribution in [1.82, 2.24) is 4.90 Å². The fourth-order valence-corrected chi connectivity index (χ4v) is 4.26. The van der Waals surface area contributed by atoms with Crippen LogP contribution in [0.2, 0.25) is 5.02 Å². The molecule has 0 spiro atoms. The first kappa shape index (κ1) is 26.2. The molecule has 0 aliphatic carbocycles. The zero-order chi connectivity index (χ0) is 26.2. The van der Waals surface area contributed by atoms with Crippen molar-refractivity contribution in [2.45, 2.75) is 6.92 Å². The normalized spacial score (nSPS) is 13.4. The Morgan fingerprint density at radius 1 is 1.00 bits per heavy atom. The van der Waals surface area contributed by atoms with E-state index >= 15 is 0 Å². The summed E-state index contributed by atoms with van der Waals surface area (Å²) >= 11 is 6.00. The number of hydrogen-bond acceptors (Lipinski definition) is 5. The Morgan fingerprint density at radius 2 is 1.65 bits per heavy atom. The molecule has 1 saturated heterocycles. The summed E-state index contributed by atoms with van der Waals surface area (Å²) in [6.45, 7) is 5.76. The Balaban J connectivity index is 1.63. The predicted octanol–water partition coefficient (Wildman–Crippen LogP) is 5.14. The number of aryl methyl sites for hydroxylation is 1. The minimum atomic E-state index is -0.350. The van der Waals surface area contributed by atoms with Gasteiger partial charge in [0.05, 0.1) is 36.1 Å². The highest BCUT2D eigenvalue weighted by Crippen LogP contribution is 2.28. The molecular weight excluding hydrogens is 490 g/mol. The van der Waals surface area contributed by atoms with Crippen LogP contribution in [0.4, 0.5) is 21.9 Å². The maximum absolute atomic E-state index is 13.6. The van der Waals surface area contributed by atoms with Gasteiger partial charge in [-0.15, -0.1) is 0 Å². The van der Waals surface area contributed by atoms with Gasteiger partial charge >= 0.3 is 6.03 Å². The second-order valence-electron chi connectivity index (χ2n) is 8.66. The van der Waals surface area contributed by atoms with Gasteiger partial charge in [-0.25, -0.2) is 4.79 Å². The lowest BCUT2D eigenvalue weighted by Crippen LogP contribution is -2.45. The summed E-state index contributed by atoms with van der Waals surface area (Å²) in [6, 6.07) is 20.6. The van der Waals surface area contributed by atoms with E-state index in [9.17, 15) is 9.59 Å². The van der Waals surface area contributed by atoms with Crippen LogP contribution in [0.5, 0.6) is 0 Å². The lowest BCUT2D eigenvalue weighted by molar-refractivity contribution is 0.0393. The second-order valence-corrected chi connectivity index (χ2v) is 9.09. The SMILES string of the molecule is Cc1cccc(C(=O)Nc2ccc(C#N)cc2)c1N(CCN1CCOCC1)C(=O)Nc1ccc(Cl)cc1. The lowest BCUT2D eigenvalue weighted by atomic mass is 10.1. The Morgan fingerprint density at radius 3 is 2.32 bits per heavy atom. The summed E-state index contributed by atoms with van der Waals surface area (Å²) in [6.07, 6.45) is 0. The minimum absolute atomic E-state index is 0.348. The Kier molecular flexibility index (Phi) is 8.75. The van der Waals surface area contributed by atoms with E-state index in [1.165, 1.54) is 0 Å². The number of urea groups is 1. The summed E-state index contributed by atoms with van der Waals surface area (Å²) in [4.78, 5) is 30.9. The lowest BCUT2D eigenvalue weighted by Gasteiger charge is -2.31. The van der Waals surface area contributed by atoms with Crippen LogP contribution in [-0.4, -0.2) is 56.2 Å². The fraction of sp³-hybridized carbons (Fsp3) is 0.250. The van der Waals surface area contributed by atoms with Crippen molar-refractivity contribution in [2.24, 2.45) is 0 Å². The first-order valence-corrected chi connectivity index (χ1v) is 12.4. The number of nitriles is 1. The molecule has 1 aliphatic rings. The third-order valence-electron chi connectivity index (χ3n) is 6.11. The molecule has 4 rings (SSSR count). The van der Waals surface area contributed by atoms with Gasteiger partial charge in [0.25, 0.3) is 5.91 Å². The van der Waals surface area contributed by atoms with Crippen LogP contribution in [-0.2, 0) is 4.74 Å². The second kappa shape index (κ2) is 12.4. The van der Waals surface area contributed by atoms with E-state index in [0.717, 1.165) is 18.7 Å². The molecule has 8 nitrogen and oxygen atoms in total. The van der Waals surface area contributed by atoms with E-state index in [4.69, 9.17) is 21.6 Å². The van der Waals surface area contributed by atoms with Crippen molar-refractivity contribution in [3.8, 4) is 6.07 Å². The van der Waals surface area contributed by atoms with E-state index in [-0.39, 0.29) is 11.9 Å². The molecule has 37 heavy (non-hydrogen) atoms. The third kappa shape index (κ3) is 6.86. The van der Waals surface area contributed by atoms with Crippen molar-refractivity contribution in [3.05, 3.63) is 88.4 Å². The molecule has 2 N–H and O–H groups in total. The molecule has 9 heteroatoms. The zero-order valence-corrected chi connectivity index (χ0v) is 21.3. The highest BCUT2D eigenvalue weighted by atomic mass is 35.5. The molecule has 190 valence electrons. The van der Waals surface area contributed by atoms with Gasteiger partial charge in [-0.3, -0.25) is 14.6 Å². The highest BCUT2D eigenvalue weighted by Gasteiger charge is 2.25. The largest absolute Gasteiger partial charge is 0.379 e. The average molecular weight is 518 g/mol. The van der Waals surface area contributed by atoms with E-state index in [2.05, 4.69) is 21.6 Å². The maximum Gasteiger partial charge on any atom is 0.326 e. The Bertz CT molecular complexity index is 1280. The summed E-state index contributed by atoms with van der Waals surface area (Å²) in [7, 11) is 0. The minimum Gasteiger partial charge on any atom is -0.379 e. The van der Waals surface area contributed by atoms with Crippen LogP contribution < -0.4 is 15.5 Å². The number of ether oxygens (including phenoxy) is 1. The first-order valence-electron chi connectivity index (χ1n) is 12.0. The maximum atomic E-state index is 13.6. The van der Waals surface area contributed by atoms with Crippen LogP contribution >= 0.6 is 11.6 Å². The van der Waals surface area contributed by atoms with Gasteiger partial charge in [-0.2, -0.15) is 5.26 Å². The molecule has 1 heterocycles. The standard InChI is InChI=1S/C28H28ClN5O3/c1-20-3-2-4-25(27(35)31-23-9-5-21(19-30)6-10-23)26(20)34(14-13-33-15-17-37-18-16-33)28(36)32-24-11-7-22(29)8-12-24/h2-12H,13-18H2,1H3,(H,31,35)(H,32,36). The highest BCUT2D eigenvalue weighted by molar-refractivity contribution is 6.30. The molecule has 3 aromatic carbocycles. The Labute approximate surface area is 221 Å². The molecule has 3 aromatic rings. The smallest absolute Gasteiger partial charge is 0.326 e. The predicted molar refractivity (Wildman–Crippen MR) is 145 cm³/mol. The van der Waals surface area contributed by atoms with Gasteiger partial charge in [0.1, 0.15) is 0 Å². The van der Waals surface area contributed by atoms with E-state index in [0.29, 0.717) is 59.5 Å². The van der Waals surface area contributed by atoms with Gasteiger partial charge in [-0.1, -0.05) is 23.7 Å². The monoisotopic (exact) mass is 517 g/mol. The number of nitrogens with one attached hydrogen (secondary N) is 2. The summed E-state index contributed by atoms with van der Waals surface area (Å²) in [5.41, 5.74) is 3.36. The van der Waals surface area contributed by atoms with Crippen molar-refractivity contribution in [1.29, 1.82) is 5.26 Å². The van der Waals surface area contributed by atoms with Crippen LogP contribution in [0.15, 0.2) is 66.7 Å². The molecule has 0 radical (unpaired) electrons. The van der Waals surface area contributed by atoms with Gasteiger partial charge in [0.2, 0.25) is 0 Å². The molecule has 1 aliphatic heterocycles. The fourth-order valence-electron chi connectivity index (χ4n) is 4.13. The van der Waals surface area contributed by atoms with Gasteiger partial charge in [-0.05, 0) is 67.1 Å². The van der Waals surface area contributed by atoms with Crippen molar-refractivity contribution < 1.29 is 14.3 Å². The number of rotatable bonds is 7. The van der Waals surface area contributed by atoms with E-state index in [1.807, 2.05) is 13.0 Å². The molecule has 0 unspecified atom stereocenters. The molecule has 0 bridgehead atoms. The van der Waals surface area contributed by atoms with Crippen LogP contribution in [0.1, 0.15) is 21.5 Å². The molecular formula is C28H28ClN5O3. The Hall–Kier alpha value is -3.90. The molecule has 0 aromatic heterocycles. The summed E-state index contributed by atoms with van der Waals surface area (Å²) < 4.78 is 5.45. The van der Waals surface area contributed by atoms with E-state index < -0.39 is 0 Å². The van der Waals surface area contributed by atoms with Crippen LogP contribution in [0, 0.1) is 18.3 Å². The van der Waals surface area contributed by atoms with Crippen molar-refractivity contribution >= 4 is 40.6 Å². The number of anilines is 3. The molecule has 0 atom stereocenters.